The number of benzene rings is 2. The van der Waals surface area contributed by atoms with Crippen molar-refractivity contribution >= 4 is 28.4 Å². The summed E-state index contributed by atoms with van der Waals surface area (Å²) in [4.78, 5) is 21.0. The third-order valence-electron chi connectivity index (χ3n) is 4.87. The fraction of sp³-hybridized carbons (Fsp3) is 0.143. The molecule has 0 saturated carbocycles. The first-order valence-corrected chi connectivity index (χ1v) is 8.79. The van der Waals surface area contributed by atoms with Crippen molar-refractivity contribution < 1.29 is 9.32 Å². The summed E-state index contributed by atoms with van der Waals surface area (Å²) < 4.78 is 5.11. The minimum atomic E-state index is -0.249. The standard InChI is InChI=1S/C21H19N5O2/c1-11-4-5-15(21(27)25-20-12(2)13(3)28-26-20)9-16(11)14-6-7-18-17(8-14)19(22)24-10-23-18/h4-10H,1-3H3,(H2,22,23,24)(H,25,26,27). The molecule has 0 aliphatic carbocycles. The first-order valence-electron chi connectivity index (χ1n) is 8.79. The topological polar surface area (TPSA) is 107 Å². The SMILES string of the molecule is Cc1ccc(C(=O)Nc2noc(C)c2C)cc1-c1ccc2ncnc(N)c2c1. The Kier molecular flexibility index (Phi) is 4.27. The Morgan fingerprint density at radius 3 is 2.64 bits per heavy atom. The first-order chi connectivity index (χ1) is 13.4. The van der Waals surface area contributed by atoms with E-state index < -0.39 is 0 Å². The molecule has 28 heavy (non-hydrogen) atoms. The molecule has 0 unspecified atom stereocenters. The molecule has 0 atom stereocenters. The molecule has 2 aromatic heterocycles. The number of anilines is 2. The van der Waals surface area contributed by atoms with Crippen molar-refractivity contribution in [3.05, 3.63) is 65.2 Å². The summed E-state index contributed by atoms with van der Waals surface area (Å²) >= 11 is 0. The molecule has 3 N–H and O–H groups in total. The summed E-state index contributed by atoms with van der Waals surface area (Å²) in [5.41, 5.74) is 11.0. The van der Waals surface area contributed by atoms with Crippen molar-refractivity contribution in [3.63, 3.8) is 0 Å². The van der Waals surface area contributed by atoms with E-state index in [1.165, 1.54) is 6.33 Å². The van der Waals surface area contributed by atoms with Gasteiger partial charge in [0.1, 0.15) is 17.9 Å². The largest absolute Gasteiger partial charge is 0.383 e. The molecule has 7 nitrogen and oxygen atoms in total. The van der Waals surface area contributed by atoms with Gasteiger partial charge in [0.15, 0.2) is 5.82 Å². The second-order valence-electron chi connectivity index (χ2n) is 6.69. The highest BCUT2D eigenvalue weighted by molar-refractivity contribution is 6.05. The van der Waals surface area contributed by atoms with Gasteiger partial charge in [-0.2, -0.15) is 0 Å². The van der Waals surface area contributed by atoms with Crippen LogP contribution in [0.15, 0.2) is 47.2 Å². The molecule has 7 heteroatoms. The van der Waals surface area contributed by atoms with Crippen LogP contribution in [0, 0.1) is 20.8 Å². The van der Waals surface area contributed by atoms with Crippen LogP contribution in [0.25, 0.3) is 22.0 Å². The van der Waals surface area contributed by atoms with Gasteiger partial charge in [0.2, 0.25) is 0 Å². The number of aromatic nitrogens is 3. The number of carbonyl (C=O) groups excluding carboxylic acids is 1. The highest BCUT2D eigenvalue weighted by Gasteiger charge is 2.15. The van der Waals surface area contributed by atoms with Crippen LogP contribution < -0.4 is 11.1 Å². The summed E-state index contributed by atoms with van der Waals surface area (Å²) in [5.74, 6) is 1.28. The predicted octanol–water partition coefficient (Wildman–Crippen LogP) is 4.04. The smallest absolute Gasteiger partial charge is 0.256 e. The molecule has 4 aromatic rings. The van der Waals surface area contributed by atoms with Crippen LogP contribution in [-0.2, 0) is 0 Å². The quantitative estimate of drug-likeness (QED) is 0.561. The lowest BCUT2D eigenvalue weighted by molar-refractivity contribution is 0.102. The maximum absolute atomic E-state index is 12.7. The third-order valence-corrected chi connectivity index (χ3v) is 4.87. The van der Waals surface area contributed by atoms with Gasteiger partial charge in [-0.15, -0.1) is 0 Å². The molecule has 0 bridgehead atoms. The number of amides is 1. The number of hydrogen-bond donors (Lipinski definition) is 2. The Labute approximate surface area is 161 Å². The minimum absolute atomic E-state index is 0.249. The average Bonchev–Trinajstić information content (AvgIpc) is 3.00. The fourth-order valence-electron chi connectivity index (χ4n) is 3.03. The number of aryl methyl sites for hydroxylation is 2. The number of rotatable bonds is 3. The number of fused-ring (bicyclic) bond motifs is 1. The monoisotopic (exact) mass is 373 g/mol. The number of nitrogen functional groups attached to an aromatic ring is 1. The van der Waals surface area contributed by atoms with Crippen LogP contribution in [0.3, 0.4) is 0 Å². The summed E-state index contributed by atoms with van der Waals surface area (Å²) in [6, 6.07) is 11.4. The number of nitrogens with zero attached hydrogens (tertiary/aromatic N) is 3. The molecule has 0 aliphatic heterocycles. The zero-order valence-electron chi connectivity index (χ0n) is 15.8. The van der Waals surface area contributed by atoms with Crippen molar-refractivity contribution in [2.75, 3.05) is 11.1 Å². The average molecular weight is 373 g/mol. The maximum atomic E-state index is 12.7. The molecule has 2 heterocycles. The van der Waals surface area contributed by atoms with Crippen LogP contribution in [0.5, 0.6) is 0 Å². The molecular weight excluding hydrogens is 354 g/mol. The molecule has 0 radical (unpaired) electrons. The van der Waals surface area contributed by atoms with Crippen LogP contribution in [0.4, 0.5) is 11.6 Å². The van der Waals surface area contributed by atoms with Gasteiger partial charge < -0.3 is 15.6 Å². The predicted molar refractivity (Wildman–Crippen MR) is 108 cm³/mol. The van der Waals surface area contributed by atoms with Gasteiger partial charge in [0.05, 0.1) is 5.52 Å². The lowest BCUT2D eigenvalue weighted by Gasteiger charge is -2.11. The molecule has 1 amide bonds. The van der Waals surface area contributed by atoms with E-state index in [-0.39, 0.29) is 5.91 Å². The molecular formula is C21H19N5O2. The van der Waals surface area contributed by atoms with Crippen LogP contribution in [0.2, 0.25) is 0 Å². The van der Waals surface area contributed by atoms with E-state index in [1.807, 2.05) is 44.2 Å². The van der Waals surface area contributed by atoms with Gasteiger partial charge in [-0.25, -0.2) is 9.97 Å². The Hall–Kier alpha value is -3.74. The van der Waals surface area contributed by atoms with Gasteiger partial charge in [-0.3, -0.25) is 4.79 Å². The number of carbonyl (C=O) groups is 1. The Morgan fingerprint density at radius 2 is 1.89 bits per heavy atom. The number of nitrogens with one attached hydrogen (secondary N) is 1. The maximum Gasteiger partial charge on any atom is 0.256 e. The minimum Gasteiger partial charge on any atom is -0.383 e. The first kappa shape index (κ1) is 17.7. The van der Waals surface area contributed by atoms with E-state index in [1.54, 1.807) is 13.0 Å². The Balaban J connectivity index is 1.72. The highest BCUT2D eigenvalue weighted by atomic mass is 16.5. The number of hydrogen-bond acceptors (Lipinski definition) is 6. The second kappa shape index (κ2) is 6.77. The Morgan fingerprint density at radius 1 is 1.07 bits per heavy atom. The number of nitrogens with two attached hydrogens (primary N) is 1. The van der Waals surface area contributed by atoms with Crippen molar-refractivity contribution in [2.45, 2.75) is 20.8 Å². The van der Waals surface area contributed by atoms with Crippen molar-refractivity contribution in [2.24, 2.45) is 0 Å². The molecule has 0 saturated heterocycles. The highest BCUT2D eigenvalue weighted by Crippen LogP contribution is 2.29. The van der Waals surface area contributed by atoms with Crippen LogP contribution >= 0.6 is 0 Å². The summed E-state index contributed by atoms with van der Waals surface area (Å²) in [7, 11) is 0. The van der Waals surface area contributed by atoms with E-state index in [0.29, 0.717) is 23.0 Å². The normalized spacial score (nSPS) is 11.0. The summed E-state index contributed by atoms with van der Waals surface area (Å²) in [5, 5.41) is 7.47. The van der Waals surface area contributed by atoms with Crippen molar-refractivity contribution in [1.82, 2.24) is 15.1 Å². The van der Waals surface area contributed by atoms with E-state index in [9.17, 15) is 4.79 Å². The van der Waals surface area contributed by atoms with Crippen molar-refractivity contribution in [1.29, 1.82) is 0 Å². The zero-order valence-corrected chi connectivity index (χ0v) is 15.8. The van der Waals surface area contributed by atoms with Crippen LogP contribution in [-0.4, -0.2) is 21.0 Å². The lowest BCUT2D eigenvalue weighted by atomic mass is 9.96. The third kappa shape index (κ3) is 3.07. The Bertz CT molecular complexity index is 1210. The fourth-order valence-corrected chi connectivity index (χ4v) is 3.03. The van der Waals surface area contributed by atoms with Gasteiger partial charge >= 0.3 is 0 Å². The molecule has 0 aliphatic rings. The molecule has 2 aromatic carbocycles. The van der Waals surface area contributed by atoms with Gasteiger partial charge in [-0.05, 0) is 61.7 Å². The lowest BCUT2D eigenvalue weighted by Crippen LogP contribution is -2.13. The second-order valence-corrected chi connectivity index (χ2v) is 6.69. The summed E-state index contributed by atoms with van der Waals surface area (Å²) in [6.45, 7) is 5.65. The van der Waals surface area contributed by atoms with E-state index in [2.05, 4.69) is 20.4 Å². The molecule has 0 spiro atoms. The van der Waals surface area contributed by atoms with Crippen LogP contribution in [0.1, 0.15) is 27.2 Å². The zero-order chi connectivity index (χ0) is 19.8. The molecule has 0 fully saturated rings. The summed E-state index contributed by atoms with van der Waals surface area (Å²) in [6.07, 6.45) is 1.45. The van der Waals surface area contributed by atoms with Gasteiger partial charge in [-0.1, -0.05) is 17.3 Å². The van der Waals surface area contributed by atoms with Crippen molar-refractivity contribution in [3.8, 4) is 11.1 Å². The molecule has 140 valence electrons. The van der Waals surface area contributed by atoms with E-state index in [0.717, 1.165) is 33.2 Å². The van der Waals surface area contributed by atoms with Gasteiger partial charge in [0, 0.05) is 16.5 Å². The van der Waals surface area contributed by atoms with E-state index >= 15 is 0 Å². The molecule has 4 rings (SSSR count). The van der Waals surface area contributed by atoms with E-state index in [4.69, 9.17) is 10.3 Å². The van der Waals surface area contributed by atoms with Gasteiger partial charge in [0.25, 0.3) is 5.91 Å².